The van der Waals surface area contributed by atoms with Crippen LogP contribution in [0.2, 0.25) is 10.0 Å². The highest BCUT2D eigenvalue weighted by molar-refractivity contribution is 6.35. The Kier molecular flexibility index (Phi) is 7.40. The number of hydrogen-bond acceptors (Lipinski definition) is 3. The molecule has 2 aliphatic rings. The monoisotopic (exact) mass is 488 g/mol. The van der Waals surface area contributed by atoms with Gasteiger partial charge in [0.2, 0.25) is 5.91 Å². The van der Waals surface area contributed by atoms with Gasteiger partial charge >= 0.3 is 6.03 Å². The normalized spacial score (nSPS) is 17.8. The lowest BCUT2D eigenvalue weighted by atomic mass is 10.1. The summed E-state index contributed by atoms with van der Waals surface area (Å²) in [4.78, 5) is 41.6. The Hall–Kier alpha value is -2.77. The zero-order valence-corrected chi connectivity index (χ0v) is 19.7. The van der Waals surface area contributed by atoms with Gasteiger partial charge < -0.3 is 20.4 Å². The molecule has 1 unspecified atom stereocenters. The molecule has 2 aliphatic heterocycles. The number of nitrogens with zero attached hydrogens (tertiary/aromatic N) is 2. The molecule has 0 bridgehead atoms. The zero-order valence-electron chi connectivity index (χ0n) is 18.2. The lowest BCUT2D eigenvalue weighted by molar-refractivity contribution is -0.125. The summed E-state index contributed by atoms with van der Waals surface area (Å²) in [5.74, 6) is -0.516. The topological polar surface area (TPSA) is 81.8 Å². The molecule has 2 N–H and O–H groups in total. The van der Waals surface area contributed by atoms with Crippen molar-refractivity contribution in [3.63, 3.8) is 0 Å². The van der Waals surface area contributed by atoms with Crippen molar-refractivity contribution < 1.29 is 14.4 Å². The maximum Gasteiger partial charge on any atom is 0.321 e. The summed E-state index contributed by atoms with van der Waals surface area (Å²) in [6.07, 6.45) is 3.38. The van der Waals surface area contributed by atoms with Crippen LogP contribution in [-0.2, 0) is 11.3 Å². The molecule has 7 nitrogen and oxygen atoms in total. The Morgan fingerprint density at radius 1 is 0.970 bits per heavy atom. The molecule has 1 atom stereocenters. The van der Waals surface area contributed by atoms with Crippen molar-refractivity contribution in [3.8, 4) is 0 Å². The molecule has 2 saturated heterocycles. The second kappa shape index (κ2) is 10.4. The summed E-state index contributed by atoms with van der Waals surface area (Å²) in [5, 5.41) is 6.56. The SMILES string of the molecule is O=C(NCc1cccc(NC(=O)N2CCCC2)c1)C1CCCN1C(=O)c1cc(Cl)ccc1Cl. The molecule has 0 saturated carbocycles. The van der Waals surface area contributed by atoms with Crippen LogP contribution >= 0.6 is 23.2 Å². The molecule has 0 radical (unpaired) electrons. The van der Waals surface area contributed by atoms with Gasteiger partial charge in [0.15, 0.2) is 0 Å². The molecular formula is C24H26Cl2N4O3. The third-order valence-electron chi connectivity index (χ3n) is 6.01. The highest BCUT2D eigenvalue weighted by atomic mass is 35.5. The van der Waals surface area contributed by atoms with Crippen molar-refractivity contribution >= 4 is 46.7 Å². The zero-order chi connectivity index (χ0) is 23.4. The average molecular weight is 489 g/mol. The number of halogens is 2. The van der Waals surface area contributed by atoms with E-state index in [1.807, 2.05) is 24.3 Å². The first-order chi connectivity index (χ1) is 15.9. The van der Waals surface area contributed by atoms with Gasteiger partial charge in [0.05, 0.1) is 10.6 Å². The van der Waals surface area contributed by atoms with Crippen LogP contribution in [0.15, 0.2) is 42.5 Å². The number of rotatable bonds is 5. The fourth-order valence-corrected chi connectivity index (χ4v) is 4.66. The highest BCUT2D eigenvalue weighted by Crippen LogP contribution is 2.26. The van der Waals surface area contributed by atoms with Gasteiger partial charge in [0.1, 0.15) is 6.04 Å². The number of anilines is 1. The Labute approximate surface area is 203 Å². The molecule has 9 heteroatoms. The van der Waals surface area contributed by atoms with Crippen molar-refractivity contribution in [1.82, 2.24) is 15.1 Å². The molecule has 2 fully saturated rings. The molecule has 33 heavy (non-hydrogen) atoms. The molecule has 2 heterocycles. The van der Waals surface area contributed by atoms with Crippen LogP contribution in [0.4, 0.5) is 10.5 Å². The van der Waals surface area contributed by atoms with E-state index in [1.165, 1.54) is 6.07 Å². The van der Waals surface area contributed by atoms with Gasteiger partial charge in [-0.1, -0.05) is 35.3 Å². The number of hydrogen-bond donors (Lipinski definition) is 2. The maximum absolute atomic E-state index is 13.0. The number of likely N-dealkylation sites (tertiary alicyclic amines) is 2. The van der Waals surface area contributed by atoms with Crippen LogP contribution in [0.3, 0.4) is 0 Å². The largest absolute Gasteiger partial charge is 0.350 e. The van der Waals surface area contributed by atoms with E-state index in [0.29, 0.717) is 40.8 Å². The van der Waals surface area contributed by atoms with E-state index >= 15 is 0 Å². The van der Waals surface area contributed by atoms with E-state index in [2.05, 4.69) is 10.6 Å². The summed E-state index contributed by atoms with van der Waals surface area (Å²) in [6.45, 7) is 2.33. The number of nitrogens with one attached hydrogen (secondary N) is 2. The van der Waals surface area contributed by atoms with Crippen LogP contribution in [0.25, 0.3) is 0 Å². The van der Waals surface area contributed by atoms with Gasteiger partial charge in [0, 0.05) is 36.9 Å². The van der Waals surface area contributed by atoms with Gasteiger partial charge in [-0.15, -0.1) is 0 Å². The van der Waals surface area contributed by atoms with Gasteiger partial charge in [0.25, 0.3) is 5.91 Å². The van der Waals surface area contributed by atoms with Gasteiger partial charge in [-0.3, -0.25) is 9.59 Å². The predicted octanol–water partition coefficient (Wildman–Crippen LogP) is 4.54. The van der Waals surface area contributed by atoms with Gasteiger partial charge in [-0.2, -0.15) is 0 Å². The minimum Gasteiger partial charge on any atom is -0.350 e. The van der Waals surface area contributed by atoms with E-state index < -0.39 is 6.04 Å². The summed E-state index contributed by atoms with van der Waals surface area (Å²) in [5.41, 5.74) is 1.84. The first-order valence-corrected chi connectivity index (χ1v) is 11.9. The standard InChI is InChI=1S/C24H26Cl2N4O3/c25-17-8-9-20(26)19(14-17)23(32)30-12-4-7-21(30)22(31)27-15-16-5-3-6-18(13-16)28-24(33)29-10-1-2-11-29/h3,5-6,8-9,13-14,21H,1-2,4,7,10-12,15H2,(H,27,31)(H,28,33). The fourth-order valence-electron chi connectivity index (χ4n) is 4.29. The molecule has 0 aliphatic carbocycles. The van der Waals surface area contributed by atoms with Crippen LogP contribution in [-0.4, -0.2) is 53.3 Å². The Morgan fingerprint density at radius 2 is 1.76 bits per heavy atom. The van der Waals surface area contributed by atoms with Crippen molar-refractivity contribution in [2.75, 3.05) is 25.0 Å². The Bertz CT molecular complexity index is 1060. The van der Waals surface area contributed by atoms with Crippen LogP contribution in [0, 0.1) is 0 Å². The van der Waals surface area contributed by atoms with Crippen molar-refractivity contribution in [1.29, 1.82) is 0 Å². The predicted molar refractivity (Wildman–Crippen MR) is 129 cm³/mol. The number of carbonyl (C=O) groups excluding carboxylic acids is 3. The van der Waals surface area contributed by atoms with Crippen LogP contribution in [0.5, 0.6) is 0 Å². The summed E-state index contributed by atoms with van der Waals surface area (Å²) in [6, 6.07) is 11.5. The molecule has 4 rings (SSSR count). The van der Waals surface area contributed by atoms with E-state index in [1.54, 1.807) is 21.9 Å². The number of carbonyl (C=O) groups is 3. The van der Waals surface area contributed by atoms with Gasteiger partial charge in [-0.25, -0.2) is 4.79 Å². The molecule has 4 amide bonds. The second-order valence-electron chi connectivity index (χ2n) is 8.32. The second-order valence-corrected chi connectivity index (χ2v) is 9.17. The summed E-state index contributed by atoms with van der Waals surface area (Å²) < 4.78 is 0. The summed E-state index contributed by atoms with van der Waals surface area (Å²) in [7, 11) is 0. The first-order valence-electron chi connectivity index (χ1n) is 11.1. The Morgan fingerprint density at radius 3 is 2.55 bits per heavy atom. The molecule has 0 aromatic heterocycles. The molecule has 0 spiro atoms. The number of benzene rings is 2. The van der Waals surface area contributed by atoms with E-state index in [-0.39, 0.29) is 17.8 Å². The average Bonchev–Trinajstić information content (AvgIpc) is 3.51. The Balaban J connectivity index is 1.36. The maximum atomic E-state index is 13.0. The highest BCUT2D eigenvalue weighted by Gasteiger charge is 2.35. The van der Waals surface area contributed by atoms with E-state index in [4.69, 9.17) is 23.2 Å². The van der Waals surface area contributed by atoms with Crippen molar-refractivity contribution in [2.24, 2.45) is 0 Å². The van der Waals surface area contributed by atoms with Crippen molar-refractivity contribution in [2.45, 2.75) is 38.3 Å². The molecule has 2 aromatic carbocycles. The molecule has 174 valence electrons. The van der Waals surface area contributed by atoms with E-state index in [0.717, 1.165) is 37.9 Å². The van der Waals surface area contributed by atoms with E-state index in [9.17, 15) is 14.4 Å². The smallest absolute Gasteiger partial charge is 0.321 e. The first kappa shape index (κ1) is 23.4. The summed E-state index contributed by atoms with van der Waals surface area (Å²) >= 11 is 12.2. The van der Waals surface area contributed by atoms with Gasteiger partial charge in [-0.05, 0) is 61.6 Å². The number of amides is 4. The third kappa shape index (κ3) is 5.60. The van der Waals surface area contributed by atoms with Crippen LogP contribution in [0.1, 0.15) is 41.6 Å². The molecular weight excluding hydrogens is 463 g/mol. The van der Waals surface area contributed by atoms with Crippen molar-refractivity contribution in [3.05, 3.63) is 63.6 Å². The number of urea groups is 1. The lowest BCUT2D eigenvalue weighted by Crippen LogP contribution is -2.45. The lowest BCUT2D eigenvalue weighted by Gasteiger charge is -2.24. The van der Waals surface area contributed by atoms with Crippen LogP contribution < -0.4 is 10.6 Å². The quantitative estimate of drug-likeness (QED) is 0.647. The minimum absolute atomic E-state index is 0.103. The fraction of sp³-hybridized carbons (Fsp3) is 0.375. The third-order valence-corrected chi connectivity index (χ3v) is 6.58. The minimum atomic E-state index is -0.564. The molecule has 2 aromatic rings.